The van der Waals surface area contributed by atoms with E-state index in [9.17, 15) is 19.3 Å². The number of nitrogens with zero attached hydrogens (tertiary/aromatic N) is 8. The van der Waals surface area contributed by atoms with E-state index in [0.29, 0.717) is 11.3 Å². The molecule has 0 aromatic carbocycles. The molecule has 6 rings (SSSR count). The first-order chi connectivity index (χ1) is 23.6. The number of nitrogens with one attached hydrogen (secondary N) is 1. The third-order valence-corrected chi connectivity index (χ3v) is 8.91. The Kier molecular flexibility index (Phi) is 11.1. The Labute approximate surface area is 286 Å². The number of thiol groups is 2. The van der Waals surface area contributed by atoms with Crippen molar-refractivity contribution in [3.8, 4) is 5.88 Å². The lowest BCUT2D eigenvalue weighted by molar-refractivity contribution is -0.0427. The summed E-state index contributed by atoms with van der Waals surface area (Å²) in [5, 5.41) is 22.3. The van der Waals surface area contributed by atoms with Crippen molar-refractivity contribution >= 4 is 73.1 Å². The monoisotopic (exact) mass is 764 g/mol. The molecule has 0 aliphatic carbocycles. The number of ether oxygens (including phenoxy) is 3. The Morgan fingerprint density at radius 2 is 1.49 bits per heavy atom. The van der Waals surface area contributed by atoms with E-state index in [4.69, 9.17) is 29.0 Å². The normalized spacial score (nSPS) is 27.8. The standard InChI is InChI=1S/C24H26F2N10O9P2S2/c25-12-16(44-46(39)48)10(5-37)42-22(12)35-8-31-14-18(29-7-30-19(14)35)28-3-1-2-4-41-21-15-20(33-24(27)34-21)36(9-32-15)23-13(26)17(45-47(40)49)11(6-38)43-23/h1-2,7-13,16-17,22-23,37-38H,3-6H2,(H3-2,27,28,29,30,33,34,39,40,48,49)/p+2. The summed E-state index contributed by atoms with van der Waals surface area (Å²) < 4.78 is 83.0. The van der Waals surface area contributed by atoms with Crippen LogP contribution in [-0.4, -0.2) is 112 Å². The van der Waals surface area contributed by atoms with Crippen LogP contribution in [0.15, 0.2) is 31.1 Å². The molecule has 0 spiro atoms. The minimum absolute atomic E-state index is 0.0119. The van der Waals surface area contributed by atoms with Crippen molar-refractivity contribution in [1.29, 1.82) is 0 Å². The summed E-state index contributed by atoms with van der Waals surface area (Å²) in [6.07, 6.45) is -3.90. The number of anilines is 2. The van der Waals surface area contributed by atoms with Gasteiger partial charge in [0.2, 0.25) is 11.8 Å². The van der Waals surface area contributed by atoms with Crippen LogP contribution in [0.1, 0.15) is 12.5 Å². The molecule has 6 heterocycles. The van der Waals surface area contributed by atoms with Gasteiger partial charge in [0.1, 0.15) is 49.6 Å². The van der Waals surface area contributed by atoms with Crippen molar-refractivity contribution in [3.63, 3.8) is 0 Å². The summed E-state index contributed by atoms with van der Waals surface area (Å²) in [4.78, 5) is 25.1. The fourth-order valence-corrected chi connectivity index (χ4v) is 6.96. The topological polar surface area (TPSA) is 246 Å². The average Bonchev–Trinajstić information content (AvgIpc) is 3.83. The molecule has 10 atom stereocenters. The summed E-state index contributed by atoms with van der Waals surface area (Å²) in [6.45, 7) is -0.893. The Hall–Kier alpha value is -3.24. The Balaban J connectivity index is 1.09. The number of aromatic nitrogens is 8. The van der Waals surface area contributed by atoms with Gasteiger partial charge in [-0.25, -0.2) is 28.7 Å². The Bertz CT molecular complexity index is 1880. The molecule has 2 aliphatic heterocycles. The average molecular weight is 765 g/mol. The second-order valence-corrected chi connectivity index (χ2v) is 13.8. The van der Waals surface area contributed by atoms with Crippen LogP contribution in [0.25, 0.3) is 22.3 Å². The molecule has 10 unspecified atom stereocenters. The van der Waals surface area contributed by atoms with Crippen molar-refractivity contribution < 1.29 is 51.4 Å². The summed E-state index contributed by atoms with van der Waals surface area (Å²) in [6, 6.07) is 0. The molecule has 0 bridgehead atoms. The van der Waals surface area contributed by atoms with Gasteiger partial charge in [-0.2, -0.15) is 9.97 Å². The molecule has 5 N–H and O–H groups in total. The second-order valence-electron chi connectivity index (χ2n) is 10.4. The lowest BCUT2D eigenvalue weighted by Gasteiger charge is -2.15. The molecule has 2 fully saturated rings. The first-order valence-corrected chi connectivity index (χ1v) is 18.9. The number of alkyl halides is 2. The Morgan fingerprint density at radius 3 is 2.08 bits per heavy atom. The molecular weight excluding hydrogens is 736 g/mol. The predicted molar refractivity (Wildman–Crippen MR) is 173 cm³/mol. The molecule has 2 aliphatic rings. The highest BCUT2D eigenvalue weighted by Gasteiger charge is 2.52. The first-order valence-electron chi connectivity index (χ1n) is 14.3. The van der Waals surface area contributed by atoms with E-state index in [1.165, 1.54) is 28.1 Å². The van der Waals surface area contributed by atoms with Crippen LogP contribution >= 0.6 is 39.0 Å². The van der Waals surface area contributed by atoms with E-state index >= 15 is 8.78 Å². The molecular formula is C24H28F2N10O9P2S2+2. The number of nitrogen functional groups attached to an aromatic ring is 1. The fraction of sp³-hybridized carbons (Fsp3) is 0.500. The number of aliphatic hydroxyl groups is 2. The highest BCUT2D eigenvalue weighted by Crippen LogP contribution is 2.43. The lowest BCUT2D eigenvalue weighted by atomic mass is 10.1. The summed E-state index contributed by atoms with van der Waals surface area (Å²) >= 11 is 7.33. The maximum absolute atomic E-state index is 15.3. The smallest absolute Gasteiger partial charge is 0.472 e. The zero-order valence-corrected chi connectivity index (χ0v) is 28.4. The zero-order chi connectivity index (χ0) is 34.8. The predicted octanol–water partition coefficient (Wildman–Crippen LogP) is 2.00. The second kappa shape index (κ2) is 15.3. The maximum atomic E-state index is 15.3. The summed E-state index contributed by atoms with van der Waals surface area (Å²) in [7, 11) is -4.91. The quantitative estimate of drug-likeness (QED) is 0.0611. The number of nitrogens with two attached hydrogens (primary N) is 1. The van der Waals surface area contributed by atoms with Crippen LogP contribution in [0.5, 0.6) is 5.88 Å². The van der Waals surface area contributed by atoms with Gasteiger partial charge in [-0.15, -0.1) is 9.05 Å². The maximum Gasteiger partial charge on any atom is 0.582 e. The first kappa shape index (κ1) is 35.6. The number of hydrogen-bond donors (Lipinski definition) is 6. The van der Waals surface area contributed by atoms with Crippen LogP contribution < -0.4 is 15.8 Å². The van der Waals surface area contributed by atoms with Gasteiger partial charge >= 0.3 is 14.5 Å². The molecule has 2 saturated heterocycles. The third-order valence-electron chi connectivity index (χ3n) is 7.50. The number of rotatable bonds is 14. The molecule has 4 aromatic heterocycles. The van der Waals surface area contributed by atoms with E-state index in [2.05, 4.69) is 59.7 Å². The molecule has 0 radical (unpaired) electrons. The van der Waals surface area contributed by atoms with Gasteiger partial charge in [-0.1, -0.05) is 6.08 Å². The van der Waals surface area contributed by atoms with Crippen molar-refractivity contribution in [1.82, 2.24) is 39.0 Å². The molecule has 49 heavy (non-hydrogen) atoms. The zero-order valence-electron chi connectivity index (χ0n) is 24.8. The fourth-order valence-electron chi connectivity index (χ4n) is 5.39. The van der Waals surface area contributed by atoms with Crippen LogP contribution in [0.3, 0.4) is 0 Å². The number of aliphatic hydroxyl groups excluding tert-OH is 2. The van der Waals surface area contributed by atoms with E-state index in [-0.39, 0.29) is 41.8 Å². The number of halogens is 2. The van der Waals surface area contributed by atoms with E-state index in [1.807, 2.05) is 0 Å². The molecule has 19 nitrogen and oxygen atoms in total. The van der Waals surface area contributed by atoms with Gasteiger partial charge < -0.3 is 35.5 Å². The minimum atomic E-state index is -2.47. The van der Waals surface area contributed by atoms with Gasteiger partial charge in [0.25, 0.3) is 0 Å². The largest absolute Gasteiger partial charge is 0.582 e. The highest BCUT2D eigenvalue weighted by atomic mass is 32.7. The van der Waals surface area contributed by atoms with Crippen LogP contribution in [-0.2, 0) is 27.7 Å². The van der Waals surface area contributed by atoms with Crippen molar-refractivity contribution in [2.24, 2.45) is 0 Å². The van der Waals surface area contributed by atoms with Crippen LogP contribution in [0.2, 0.25) is 0 Å². The molecule has 4 aromatic rings. The SMILES string of the molecule is Nc1nc(OCC=CCNc2ncnc3c2ncn3C2OC(CO)C(O[P+](=O)S)C2F)c2ncn(C3OC(CO)C(O[P+](=O)S)C3F)c2n1. The third kappa shape index (κ3) is 7.32. The highest BCUT2D eigenvalue weighted by molar-refractivity contribution is 8.39. The number of imidazole rings is 2. The van der Waals surface area contributed by atoms with Gasteiger partial charge in [0.05, 0.1) is 25.9 Å². The summed E-state index contributed by atoms with van der Waals surface area (Å²) in [5.74, 6) is 0.161. The molecule has 262 valence electrons. The van der Waals surface area contributed by atoms with Crippen molar-refractivity contribution in [3.05, 3.63) is 31.1 Å². The van der Waals surface area contributed by atoms with Gasteiger partial charge in [0, 0.05) is 6.54 Å². The van der Waals surface area contributed by atoms with E-state index in [1.54, 1.807) is 12.2 Å². The molecule has 25 heteroatoms. The number of fused-ring (bicyclic) bond motifs is 2. The van der Waals surface area contributed by atoms with Crippen molar-refractivity contribution in [2.45, 2.75) is 49.2 Å². The van der Waals surface area contributed by atoms with E-state index < -0.39 is 76.9 Å². The van der Waals surface area contributed by atoms with E-state index in [0.717, 1.165) is 0 Å². The molecule has 0 saturated carbocycles. The van der Waals surface area contributed by atoms with Gasteiger partial charge in [-0.05, 0) is 15.2 Å². The minimum Gasteiger partial charge on any atom is -0.472 e. The summed E-state index contributed by atoms with van der Waals surface area (Å²) in [5.41, 5.74) is 6.69. The van der Waals surface area contributed by atoms with Crippen LogP contribution in [0, 0.1) is 0 Å². The van der Waals surface area contributed by atoms with Crippen molar-refractivity contribution in [2.75, 3.05) is 37.4 Å². The Morgan fingerprint density at radius 1 is 0.898 bits per heavy atom. The molecule has 0 amide bonds. The lowest BCUT2D eigenvalue weighted by Crippen LogP contribution is -2.31. The van der Waals surface area contributed by atoms with Gasteiger partial charge in [-0.3, -0.25) is 9.13 Å². The van der Waals surface area contributed by atoms with Crippen LogP contribution in [0.4, 0.5) is 20.5 Å². The number of hydrogen-bond acceptors (Lipinski definition) is 17. The van der Waals surface area contributed by atoms with Gasteiger partial charge in [0.15, 0.2) is 65.2 Å².